The Balaban J connectivity index is 1.56. The summed E-state index contributed by atoms with van der Waals surface area (Å²) in [7, 11) is 0. The van der Waals surface area contributed by atoms with Crippen molar-refractivity contribution in [3.8, 4) is 0 Å². The Morgan fingerprint density at radius 3 is 2.75 bits per heavy atom. The van der Waals surface area contributed by atoms with E-state index in [1.54, 1.807) is 0 Å². The van der Waals surface area contributed by atoms with Gasteiger partial charge in [0.25, 0.3) is 0 Å². The molecule has 2 fully saturated rings. The van der Waals surface area contributed by atoms with Crippen molar-refractivity contribution >= 4 is 23.1 Å². The number of rotatable bonds is 8. The van der Waals surface area contributed by atoms with E-state index in [4.69, 9.17) is 4.98 Å². The van der Waals surface area contributed by atoms with E-state index in [9.17, 15) is 0 Å². The van der Waals surface area contributed by atoms with Gasteiger partial charge < -0.3 is 5.32 Å². The summed E-state index contributed by atoms with van der Waals surface area (Å²) < 4.78 is 0. The molecule has 0 amide bonds. The fourth-order valence-corrected chi connectivity index (χ4v) is 5.25. The summed E-state index contributed by atoms with van der Waals surface area (Å²) in [5.74, 6) is 1.13. The highest BCUT2D eigenvalue weighted by Crippen LogP contribution is 2.33. The van der Waals surface area contributed by atoms with Gasteiger partial charge >= 0.3 is 0 Å². The first kappa shape index (κ1) is 14.9. The number of nitrogens with zero attached hydrogens (tertiary/aromatic N) is 1. The van der Waals surface area contributed by atoms with Crippen molar-refractivity contribution in [3.63, 3.8) is 0 Å². The van der Waals surface area contributed by atoms with Crippen LogP contribution in [0.1, 0.15) is 67.4 Å². The zero-order valence-corrected chi connectivity index (χ0v) is 14.1. The van der Waals surface area contributed by atoms with Gasteiger partial charge in [0.1, 0.15) is 5.01 Å². The molecule has 1 aromatic rings. The van der Waals surface area contributed by atoms with Crippen LogP contribution in [0, 0.1) is 0 Å². The van der Waals surface area contributed by atoms with Gasteiger partial charge in [-0.1, -0.05) is 26.2 Å². The number of nitrogens with one attached hydrogen (secondary N) is 1. The summed E-state index contributed by atoms with van der Waals surface area (Å²) in [6.45, 7) is 3.30. The molecule has 0 atom stereocenters. The molecule has 2 nitrogen and oxygen atoms in total. The van der Waals surface area contributed by atoms with E-state index >= 15 is 0 Å². The SMILES string of the molecule is CCCc1nc(CSC2CCCC2)sc1CNC1CC1. The molecule has 0 unspecified atom stereocenters. The zero-order chi connectivity index (χ0) is 13.8. The van der Waals surface area contributed by atoms with E-state index in [2.05, 4.69) is 24.0 Å². The van der Waals surface area contributed by atoms with Crippen molar-refractivity contribution in [2.24, 2.45) is 0 Å². The first-order valence-corrected chi connectivity index (χ1v) is 10.0. The van der Waals surface area contributed by atoms with Crippen LogP contribution in [0.3, 0.4) is 0 Å². The normalized spacial score (nSPS) is 19.9. The Bertz CT molecular complexity index is 420. The van der Waals surface area contributed by atoms with Crippen LogP contribution in [0.4, 0.5) is 0 Å². The molecule has 2 aliphatic carbocycles. The third-order valence-electron chi connectivity index (χ3n) is 4.18. The second-order valence-electron chi connectivity index (χ2n) is 6.10. The quantitative estimate of drug-likeness (QED) is 0.764. The largest absolute Gasteiger partial charge is 0.309 e. The minimum atomic E-state index is 0.794. The number of aryl methyl sites for hydroxylation is 1. The number of thiazole rings is 1. The minimum absolute atomic E-state index is 0.794. The van der Waals surface area contributed by atoms with Gasteiger partial charge in [0.2, 0.25) is 0 Å². The van der Waals surface area contributed by atoms with Crippen molar-refractivity contribution in [2.75, 3.05) is 0 Å². The van der Waals surface area contributed by atoms with Gasteiger partial charge in [-0.25, -0.2) is 4.98 Å². The first-order valence-electron chi connectivity index (χ1n) is 8.17. The summed E-state index contributed by atoms with van der Waals surface area (Å²) in [5.41, 5.74) is 1.37. The average Bonchev–Trinajstić information content (AvgIpc) is 2.98. The number of hydrogen-bond donors (Lipinski definition) is 1. The van der Waals surface area contributed by atoms with Gasteiger partial charge in [-0.2, -0.15) is 11.8 Å². The molecule has 20 heavy (non-hydrogen) atoms. The maximum atomic E-state index is 4.92. The van der Waals surface area contributed by atoms with Crippen molar-refractivity contribution < 1.29 is 0 Å². The summed E-state index contributed by atoms with van der Waals surface area (Å²) in [5, 5.41) is 5.91. The summed E-state index contributed by atoms with van der Waals surface area (Å²) >= 11 is 4.10. The lowest BCUT2D eigenvalue weighted by Gasteiger charge is -2.05. The van der Waals surface area contributed by atoms with Crippen molar-refractivity contribution in [2.45, 2.75) is 81.9 Å². The lowest BCUT2D eigenvalue weighted by Crippen LogP contribution is -2.15. The summed E-state index contributed by atoms with van der Waals surface area (Å²) in [6, 6.07) is 0.794. The van der Waals surface area contributed by atoms with Crippen LogP contribution in [0.2, 0.25) is 0 Å². The minimum Gasteiger partial charge on any atom is -0.309 e. The van der Waals surface area contributed by atoms with E-state index in [-0.39, 0.29) is 0 Å². The fourth-order valence-electron chi connectivity index (χ4n) is 2.84. The Kier molecular flexibility index (Phi) is 5.41. The molecule has 0 saturated heterocycles. The van der Waals surface area contributed by atoms with Crippen LogP contribution >= 0.6 is 23.1 Å². The molecule has 3 rings (SSSR count). The fraction of sp³-hybridized carbons (Fsp3) is 0.812. The molecule has 0 aliphatic heterocycles. The number of hydrogen-bond acceptors (Lipinski definition) is 4. The monoisotopic (exact) mass is 310 g/mol. The van der Waals surface area contributed by atoms with Gasteiger partial charge in [0.15, 0.2) is 0 Å². The molecule has 1 heterocycles. The second-order valence-corrected chi connectivity index (χ2v) is 8.56. The molecule has 0 spiro atoms. The van der Waals surface area contributed by atoms with Crippen LogP contribution in [-0.4, -0.2) is 16.3 Å². The second kappa shape index (κ2) is 7.28. The molecule has 1 aromatic heterocycles. The third kappa shape index (κ3) is 4.22. The predicted molar refractivity (Wildman–Crippen MR) is 89.5 cm³/mol. The maximum absolute atomic E-state index is 4.92. The van der Waals surface area contributed by atoms with Gasteiger partial charge in [-0.15, -0.1) is 11.3 Å². The lowest BCUT2D eigenvalue weighted by molar-refractivity contribution is 0.686. The highest BCUT2D eigenvalue weighted by molar-refractivity contribution is 7.99. The lowest BCUT2D eigenvalue weighted by atomic mass is 10.2. The average molecular weight is 311 g/mol. The molecule has 0 aromatic carbocycles. The molecule has 2 aliphatic rings. The van der Waals surface area contributed by atoms with Crippen molar-refractivity contribution in [3.05, 3.63) is 15.6 Å². The molecular weight excluding hydrogens is 284 g/mol. The zero-order valence-electron chi connectivity index (χ0n) is 12.5. The van der Waals surface area contributed by atoms with Crippen molar-refractivity contribution in [1.29, 1.82) is 0 Å². The van der Waals surface area contributed by atoms with Crippen LogP contribution in [0.25, 0.3) is 0 Å². The predicted octanol–water partition coefficient (Wildman–Crippen LogP) is 4.52. The molecule has 4 heteroatoms. The highest BCUT2D eigenvalue weighted by atomic mass is 32.2. The van der Waals surface area contributed by atoms with Crippen LogP contribution in [0.5, 0.6) is 0 Å². The molecule has 2 saturated carbocycles. The van der Waals surface area contributed by atoms with E-state index in [1.807, 2.05) is 11.3 Å². The first-order chi connectivity index (χ1) is 9.85. The van der Waals surface area contributed by atoms with Gasteiger partial charge in [-0.05, 0) is 32.1 Å². The standard InChI is InChI=1S/C16H26N2S2/c1-2-5-14-15(10-17-12-8-9-12)20-16(18-14)11-19-13-6-3-4-7-13/h12-13,17H,2-11H2,1H3. The number of aromatic nitrogens is 1. The van der Waals surface area contributed by atoms with E-state index in [1.165, 1.54) is 60.5 Å². The van der Waals surface area contributed by atoms with E-state index in [0.717, 1.165) is 30.0 Å². The molecule has 1 N–H and O–H groups in total. The van der Waals surface area contributed by atoms with Crippen LogP contribution < -0.4 is 5.32 Å². The molecule has 112 valence electrons. The van der Waals surface area contributed by atoms with E-state index in [0.29, 0.717) is 0 Å². The van der Waals surface area contributed by atoms with Gasteiger partial charge in [-0.3, -0.25) is 0 Å². The third-order valence-corrected chi connectivity index (χ3v) is 6.85. The molecule has 0 bridgehead atoms. The van der Waals surface area contributed by atoms with Gasteiger partial charge in [0, 0.05) is 28.5 Å². The van der Waals surface area contributed by atoms with Crippen molar-refractivity contribution in [1.82, 2.24) is 10.3 Å². The van der Waals surface area contributed by atoms with Crippen LogP contribution in [-0.2, 0) is 18.7 Å². The maximum Gasteiger partial charge on any atom is 0.103 e. The Labute approximate surface area is 131 Å². The molecular formula is C16H26N2S2. The van der Waals surface area contributed by atoms with Crippen LogP contribution in [0.15, 0.2) is 0 Å². The topological polar surface area (TPSA) is 24.9 Å². The highest BCUT2D eigenvalue weighted by Gasteiger charge is 2.22. The number of thioether (sulfide) groups is 1. The summed E-state index contributed by atoms with van der Waals surface area (Å²) in [4.78, 5) is 6.42. The van der Waals surface area contributed by atoms with Gasteiger partial charge in [0.05, 0.1) is 5.69 Å². The Morgan fingerprint density at radius 1 is 1.25 bits per heavy atom. The Morgan fingerprint density at radius 2 is 2.05 bits per heavy atom. The Hall–Kier alpha value is -0.0600. The smallest absolute Gasteiger partial charge is 0.103 e. The molecule has 0 radical (unpaired) electrons. The van der Waals surface area contributed by atoms with E-state index < -0.39 is 0 Å². The summed E-state index contributed by atoms with van der Waals surface area (Å²) in [6.07, 6.45) is 10.8.